The van der Waals surface area contributed by atoms with Crippen LogP contribution >= 0.6 is 0 Å². The zero-order valence-corrected chi connectivity index (χ0v) is 22.0. The van der Waals surface area contributed by atoms with Gasteiger partial charge in [0.05, 0.1) is 41.3 Å². The van der Waals surface area contributed by atoms with Crippen molar-refractivity contribution < 1.29 is 31.8 Å². The molecule has 37 heavy (non-hydrogen) atoms. The predicted octanol–water partition coefficient (Wildman–Crippen LogP) is 2.76. The lowest BCUT2D eigenvalue weighted by Crippen LogP contribution is -2.44. The molecule has 1 saturated heterocycles. The minimum atomic E-state index is -4.31. The van der Waals surface area contributed by atoms with Crippen molar-refractivity contribution in [3.63, 3.8) is 0 Å². The van der Waals surface area contributed by atoms with Crippen molar-refractivity contribution in [3.8, 4) is 0 Å². The van der Waals surface area contributed by atoms with Gasteiger partial charge in [-0.05, 0) is 52.5 Å². The van der Waals surface area contributed by atoms with Gasteiger partial charge in [-0.2, -0.15) is 13.9 Å². The first-order chi connectivity index (χ1) is 17.2. The van der Waals surface area contributed by atoms with Crippen LogP contribution in [0.2, 0.25) is 0 Å². The average molecular weight is 543 g/mol. The fourth-order valence-electron chi connectivity index (χ4n) is 4.65. The van der Waals surface area contributed by atoms with Gasteiger partial charge in [-0.3, -0.25) is 14.6 Å². The van der Waals surface area contributed by atoms with E-state index < -0.39 is 34.4 Å². The topological polar surface area (TPSA) is 130 Å². The number of anilines is 2. The number of aromatic nitrogens is 3. The number of ether oxygens (including phenoxy) is 1. The van der Waals surface area contributed by atoms with Crippen molar-refractivity contribution in [3.05, 3.63) is 29.8 Å². The Morgan fingerprint density at radius 1 is 1.32 bits per heavy atom. The van der Waals surface area contributed by atoms with E-state index in [1.807, 2.05) is 0 Å². The van der Waals surface area contributed by atoms with Gasteiger partial charge in [-0.1, -0.05) is 0 Å². The monoisotopic (exact) mass is 542 g/mol. The summed E-state index contributed by atoms with van der Waals surface area (Å²) >= 11 is 0. The summed E-state index contributed by atoms with van der Waals surface area (Å²) in [5.41, 5.74) is 0.181. The number of rotatable bonds is 6. The van der Waals surface area contributed by atoms with E-state index in [0.29, 0.717) is 42.9 Å². The van der Waals surface area contributed by atoms with Gasteiger partial charge in [0, 0.05) is 26.2 Å². The van der Waals surface area contributed by atoms with Gasteiger partial charge in [-0.15, -0.1) is 0 Å². The maximum atomic E-state index is 13.8. The van der Waals surface area contributed by atoms with Crippen LogP contribution in [0, 0.1) is 12.8 Å². The fourth-order valence-corrected chi connectivity index (χ4v) is 6.36. The molecule has 4 rings (SSSR count). The molecule has 0 unspecified atom stereocenters. The number of hydrogen-bond acceptors (Lipinski definition) is 8. The minimum Gasteiger partial charge on any atom is -0.444 e. The number of sulfonamides is 1. The lowest BCUT2D eigenvalue weighted by molar-refractivity contribution is 0.0560. The summed E-state index contributed by atoms with van der Waals surface area (Å²) in [6.45, 7) is 5.33. The van der Waals surface area contributed by atoms with E-state index in [-0.39, 0.29) is 34.4 Å². The number of hydrogen-bond donors (Lipinski definition) is 2. The Kier molecular flexibility index (Phi) is 7.45. The van der Waals surface area contributed by atoms with Crippen LogP contribution in [0.3, 0.4) is 0 Å². The molecule has 0 aromatic carbocycles. The van der Waals surface area contributed by atoms with Gasteiger partial charge in [-0.25, -0.2) is 17.9 Å². The number of halogens is 2. The molecule has 14 heteroatoms. The number of nitrogens with zero attached hydrogens (tertiary/aromatic N) is 5. The molecular weight excluding hydrogens is 510 g/mol. The molecule has 2 aromatic heterocycles. The molecule has 1 fully saturated rings. The molecule has 2 N–H and O–H groups in total. The van der Waals surface area contributed by atoms with E-state index in [1.54, 1.807) is 20.8 Å². The second-order valence-electron chi connectivity index (χ2n) is 10.5. The summed E-state index contributed by atoms with van der Waals surface area (Å²) in [6, 6.07) is 1.49. The van der Waals surface area contributed by atoms with Crippen LogP contribution in [0.15, 0.2) is 23.4 Å². The quantitative estimate of drug-likeness (QED) is 0.570. The Bertz CT molecular complexity index is 1260. The highest BCUT2D eigenvalue weighted by atomic mass is 32.2. The summed E-state index contributed by atoms with van der Waals surface area (Å²) in [4.78, 5) is 18.5. The Labute approximate surface area is 214 Å². The van der Waals surface area contributed by atoms with Gasteiger partial charge in [0.15, 0.2) is 0 Å². The van der Waals surface area contributed by atoms with Gasteiger partial charge >= 0.3 is 12.6 Å². The number of carbonyl (C=O) groups is 1. The standard InChI is InChI=1S/C23H32F2N6O5S/c1-14-20(13-30(28-14)21(24)25)37(34,35)31-11-15(10-29-6-5-17(32)12-29)7-18-19(31)8-16(9-26-18)27-22(33)36-23(2,3)4/h8-9,13,15,17,21,32H,5-7,10-12H2,1-4H3,(H,27,33)/t15-,17+/m0/s1. The lowest BCUT2D eigenvalue weighted by Gasteiger charge is -2.36. The van der Waals surface area contributed by atoms with Crippen molar-refractivity contribution >= 4 is 27.5 Å². The zero-order valence-electron chi connectivity index (χ0n) is 21.2. The third-order valence-corrected chi connectivity index (χ3v) is 8.05. The minimum absolute atomic E-state index is 0.0531. The van der Waals surface area contributed by atoms with Crippen molar-refractivity contribution in [1.82, 2.24) is 19.7 Å². The smallest absolute Gasteiger partial charge is 0.412 e. The molecule has 0 spiro atoms. The molecule has 0 radical (unpaired) electrons. The summed E-state index contributed by atoms with van der Waals surface area (Å²) in [5.74, 6) is -0.157. The zero-order chi connectivity index (χ0) is 27.1. The van der Waals surface area contributed by atoms with E-state index in [9.17, 15) is 27.1 Å². The maximum Gasteiger partial charge on any atom is 0.412 e. The highest BCUT2D eigenvalue weighted by molar-refractivity contribution is 7.92. The highest BCUT2D eigenvalue weighted by Crippen LogP contribution is 2.36. The molecule has 2 aliphatic rings. The van der Waals surface area contributed by atoms with Crippen molar-refractivity contribution in [1.29, 1.82) is 0 Å². The summed E-state index contributed by atoms with van der Waals surface area (Å²) in [6.07, 6.45) is 2.23. The van der Waals surface area contributed by atoms with Crippen LogP contribution in [0.5, 0.6) is 0 Å². The number of fused-ring (bicyclic) bond motifs is 1. The molecule has 1 amide bonds. The second-order valence-corrected chi connectivity index (χ2v) is 12.3. The number of aliphatic hydroxyl groups is 1. The summed E-state index contributed by atoms with van der Waals surface area (Å²) in [5, 5.41) is 16.1. The van der Waals surface area contributed by atoms with Crippen LogP contribution in [0.1, 0.15) is 45.1 Å². The number of likely N-dealkylation sites (tertiary alicyclic amines) is 1. The molecule has 204 valence electrons. The molecular formula is C23H32F2N6O5S. The number of β-amino-alcohol motifs (C(OH)–C–C–N with tert-alkyl or cyclic N) is 1. The Morgan fingerprint density at radius 2 is 2.05 bits per heavy atom. The number of amides is 1. The first-order valence-electron chi connectivity index (χ1n) is 12.0. The van der Waals surface area contributed by atoms with Gasteiger partial charge in [0.2, 0.25) is 0 Å². The molecule has 0 aliphatic carbocycles. The third kappa shape index (κ3) is 6.18. The number of nitrogens with one attached hydrogen (secondary N) is 1. The maximum absolute atomic E-state index is 13.8. The highest BCUT2D eigenvalue weighted by Gasteiger charge is 2.38. The van der Waals surface area contributed by atoms with Gasteiger partial charge in [0.1, 0.15) is 10.5 Å². The molecule has 11 nitrogen and oxygen atoms in total. The molecule has 2 aromatic rings. The van der Waals surface area contributed by atoms with Gasteiger partial charge < -0.3 is 14.7 Å². The number of aliphatic hydroxyl groups excluding tert-OH is 1. The molecule has 2 atom stereocenters. The average Bonchev–Trinajstić information content (AvgIpc) is 3.37. The number of alkyl halides is 2. The largest absolute Gasteiger partial charge is 0.444 e. The van der Waals surface area contributed by atoms with Crippen molar-refractivity contribution in [2.24, 2.45) is 5.92 Å². The van der Waals surface area contributed by atoms with Gasteiger partial charge in [0.25, 0.3) is 10.0 Å². The molecule has 0 bridgehead atoms. The van der Waals surface area contributed by atoms with Crippen molar-refractivity contribution in [2.75, 3.05) is 35.8 Å². The Balaban J connectivity index is 1.69. The Morgan fingerprint density at radius 3 is 2.65 bits per heavy atom. The van der Waals surface area contributed by atoms with Crippen LogP contribution in [0.4, 0.5) is 25.0 Å². The fraction of sp³-hybridized carbons (Fsp3) is 0.609. The third-order valence-electron chi connectivity index (χ3n) is 6.17. The van der Waals surface area contributed by atoms with E-state index in [1.165, 1.54) is 19.2 Å². The first-order valence-corrected chi connectivity index (χ1v) is 13.4. The molecule has 2 aliphatic heterocycles. The first kappa shape index (κ1) is 27.2. The predicted molar refractivity (Wildman–Crippen MR) is 131 cm³/mol. The number of carbonyl (C=O) groups excluding carboxylic acids is 1. The van der Waals surface area contributed by atoms with Crippen LogP contribution < -0.4 is 9.62 Å². The van der Waals surface area contributed by atoms with E-state index in [0.717, 1.165) is 10.5 Å². The Hall–Kier alpha value is -2.84. The molecule has 0 saturated carbocycles. The number of aryl methyl sites for hydroxylation is 1. The van der Waals surface area contributed by atoms with E-state index in [2.05, 4.69) is 20.3 Å². The lowest BCUT2D eigenvalue weighted by atomic mass is 9.97. The SMILES string of the molecule is Cc1nn(C(F)F)cc1S(=O)(=O)N1C[C@H](CN2CC[C@@H](O)C2)Cc2ncc(NC(=O)OC(C)(C)C)cc21. The summed E-state index contributed by atoms with van der Waals surface area (Å²) < 4.78 is 60.8. The normalized spacial score (nSPS) is 20.8. The van der Waals surface area contributed by atoms with Crippen LogP contribution in [-0.4, -0.2) is 77.2 Å². The second kappa shape index (κ2) is 10.1. The van der Waals surface area contributed by atoms with E-state index >= 15 is 0 Å². The van der Waals surface area contributed by atoms with Crippen molar-refractivity contribution in [2.45, 2.75) is 63.7 Å². The number of pyridine rings is 1. The van der Waals surface area contributed by atoms with Crippen LogP contribution in [-0.2, 0) is 21.2 Å². The molecule has 4 heterocycles. The van der Waals surface area contributed by atoms with E-state index in [4.69, 9.17) is 4.74 Å². The summed E-state index contributed by atoms with van der Waals surface area (Å²) in [7, 11) is -4.31. The van der Waals surface area contributed by atoms with Crippen LogP contribution in [0.25, 0.3) is 0 Å².